The molecule has 0 bridgehead atoms. The van der Waals surface area contributed by atoms with Crippen LogP contribution >= 0.6 is 0 Å². The first-order valence-electron chi connectivity index (χ1n) is 3.96. The summed E-state index contributed by atoms with van der Waals surface area (Å²) in [6, 6.07) is -0.333. The van der Waals surface area contributed by atoms with Crippen LogP contribution in [0.15, 0.2) is 6.33 Å². The zero-order valence-electron chi connectivity index (χ0n) is 7.48. The van der Waals surface area contributed by atoms with E-state index in [0.717, 1.165) is 0 Å². The summed E-state index contributed by atoms with van der Waals surface area (Å²) in [4.78, 5) is 14.3. The highest BCUT2D eigenvalue weighted by atomic mass is 16.4. The standard InChI is InChI=1S/C7H12N4O2/c1-4(2)5(10-7(12)13)6-8-3-9-11-6/h3-5,10H,1-2H3,(H,12,13)(H,8,9,11)/t5-/m0/s1. The summed E-state index contributed by atoms with van der Waals surface area (Å²) in [5, 5.41) is 17.2. The number of nitrogens with one attached hydrogen (secondary N) is 2. The van der Waals surface area contributed by atoms with Gasteiger partial charge in [0.1, 0.15) is 12.2 Å². The molecule has 0 saturated heterocycles. The maximum absolute atomic E-state index is 10.4. The predicted octanol–water partition coefficient (Wildman–Crippen LogP) is 0.769. The van der Waals surface area contributed by atoms with Crippen molar-refractivity contribution in [2.24, 2.45) is 5.92 Å². The molecule has 13 heavy (non-hydrogen) atoms. The van der Waals surface area contributed by atoms with Gasteiger partial charge in [0.15, 0.2) is 0 Å². The molecule has 1 rings (SSSR count). The van der Waals surface area contributed by atoms with Crippen LogP contribution in [0.25, 0.3) is 0 Å². The Kier molecular flexibility index (Phi) is 2.84. The van der Waals surface area contributed by atoms with Crippen molar-refractivity contribution >= 4 is 6.09 Å². The number of rotatable bonds is 3. The predicted molar refractivity (Wildman–Crippen MR) is 45.1 cm³/mol. The molecule has 0 aromatic carbocycles. The van der Waals surface area contributed by atoms with E-state index in [4.69, 9.17) is 5.11 Å². The van der Waals surface area contributed by atoms with Crippen LogP contribution in [0.5, 0.6) is 0 Å². The van der Waals surface area contributed by atoms with Crippen LogP contribution in [0.1, 0.15) is 25.7 Å². The van der Waals surface area contributed by atoms with E-state index in [-0.39, 0.29) is 12.0 Å². The molecule has 0 aliphatic carbocycles. The number of nitrogens with zero attached hydrogens (tertiary/aromatic N) is 2. The molecule has 1 aromatic heterocycles. The number of amides is 1. The molecule has 6 heteroatoms. The third kappa shape index (κ3) is 2.43. The first kappa shape index (κ1) is 9.50. The van der Waals surface area contributed by atoms with Gasteiger partial charge in [-0.05, 0) is 5.92 Å². The normalized spacial score (nSPS) is 12.8. The summed E-state index contributed by atoms with van der Waals surface area (Å²) in [7, 11) is 0. The van der Waals surface area contributed by atoms with E-state index in [0.29, 0.717) is 5.82 Å². The van der Waals surface area contributed by atoms with Gasteiger partial charge in [-0.3, -0.25) is 5.10 Å². The molecule has 1 heterocycles. The molecule has 1 aromatic rings. The van der Waals surface area contributed by atoms with E-state index < -0.39 is 6.09 Å². The SMILES string of the molecule is CC(C)[C@H](NC(=O)O)c1ncn[nH]1. The van der Waals surface area contributed by atoms with Gasteiger partial charge in [0, 0.05) is 0 Å². The fourth-order valence-electron chi connectivity index (χ4n) is 1.05. The monoisotopic (exact) mass is 184 g/mol. The maximum atomic E-state index is 10.4. The number of aromatic amines is 1. The second kappa shape index (κ2) is 3.88. The van der Waals surface area contributed by atoms with Gasteiger partial charge in [-0.1, -0.05) is 13.8 Å². The molecule has 0 saturated carbocycles. The largest absolute Gasteiger partial charge is 0.465 e. The average molecular weight is 184 g/mol. The number of carbonyl (C=O) groups is 1. The van der Waals surface area contributed by atoms with Crippen molar-refractivity contribution in [2.45, 2.75) is 19.9 Å². The molecular weight excluding hydrogens is 172 g/mol. The molecule has 0 spiro atoms. The van der Waals surface area contributed by atoms with Crippen LogP contribution in [-0.4, -0.2) is 26.4 Å². The van der Waals surface area contributed by atoms with Crippen molar-refractivity contribution in [3.05, 3.63) is 12.2 Å². The molecular formula is C7H12N4O2. The second-order valence-electron chi connectivity index (χ2n) is 3.04. The molecule has 0 aliphatic rings. The Hall–Kier alpha value is -1.59. The number of carboxylic acid groups (broad SMARTS) is 1. The highest BCUT2D eigenvalue weighted by molar-refractivity contribution is 5.65. The minimum Gasteiger partial charge on any atom is -0.465 e. The summed E-state index contributed by atoms with van der Waals surface area (Å²) in [6.45, 7) is 3.81. The fraction of sp³-hybridized carbons (Fsp3) is 0.571. The van der Waals surface area contributed by atoms with Crippen molar-refractivity contribution in [1.29, 1.82) is 0 Å². The fourth-order valence-corrected chi connectivity index (χ4v) is 1.05. The molecule has 3 N–H and O–H groups in total. The van der Waals surface area contributed by atoms with Crippen molar-refractivity contribution in [1.82, 2.24) is 20.5 Å². The summed E-state index contributed by atoms with van der Waals surface area (Å²) in [5.74, 6) is 0.668. The summed E-state index contributed by atoms with van der Waals surface area (Å²) < 4.78 is 0. The van der Waals surface area contributed by atoms with Crippen LogP contribution in [0.3, 0.4) is 0 Å². The third-order valence-electron chi connectivity index (χ3n) is 1.67. The summed E-state index contributed by atoms with van der Waals surface area (Å²) >= 11 is 0. The zero-order chi connectivity index (χ0) is 9.84. The van der Waals surface area contributed by atoms with Gasteiger partial charge in [-0.2, -0.15) is 5.10 Å². The molecule has 0 unspecified atom stereocenters. The van der Waals surface area contributed by atoms with E-state index in [1.807, 2.05) is 13.8 Å². The molecule has 0 fully saturated rings. The van der Waals surface area contributed by atoms with Gasteiger partial charge < -0.3 is 10.4 Å². The van der Waals surface area contributed by atoms with Crippen LogP contribution < -0.4 is 5.32 Å². The number of aromatic nitrogens is 3. The molecule has 72 valence electrons. The minimum absolute atomic E-state index is 0.129. The molecule has 1 atom stereocenters. The van der Waals surface area contributed by atoms with Crippen LogP contribution in [0.2, 0.25) is 0 Å². The van der Waals surface area contributed by atoms with E-state index in [1.165, 1.54) is 6.33 Å². The van der Waals surface area contributed by atoms with Gasteiger partial charge in [0.05, 0.1) is 6.04 Å². The number of H-pyrrole nitrogens is 1. The first-order chi connectivity index (χ1) is 6.11. The van der Waals surface area contributed by atoms with Crippen LogP contribution in [-0.2, 0) is 0 Å². The van der Waals surface area contributed by atoms with E-state index in [2.05, 4.69) is 20.5 Å². The maximum Gasteiger partial charge on any atom is 0.405 e. The number of hydrogen-bond acceptors (Lipinski definition) is 3. The molecule has 0 radical (unpaired) electrons. The Balaban J connectivity index is 2.74. The topological polar surface area (TPSA) is 90.9 Å². The average Bonchev–Trinajstić information content (AvgIpc) is 2.50. The summed E-state index contributed by atoms with van der Waals surface area (Å²) in [5.41, 5.74) is 0. The van der Waals surface area contributed by atoms with Crippen molar-refractivity contribution in [3.63, 3.8) is 0 Å². The molecule has 6 nitrogen and oxygen atoms in total. The Bertz CT molecular complexity index is 270. The van der Waals surface area contributed by atoms with E-state index in [1.54, 1.807) is 0 Å². The highest BCUT2D eigenvalue weighted by Gasteiger charge is 2.20. The van der Waals surface area contributed by atoms with Gasteiger partial charge in [0.25, 0.3) is 0 Å². The zero-order valence-corrected chi connectivity index (χ0v) is 7.48. The third-order valence-corrected chi connectivity index (χ3v) is 1.67. The van der Waals surface area contributed by atoms with Crippen molar-refractivity contribution in [2.75, 3.05) is 0 Å². The Morgan fingerprint density at radius 1 is 1.69 bits per heavy atom. The highest BCUT2D eigenvalue weighted by Crippen LogP contribution is 2.16. The lowest BCUT2D eigenvalue weighted by atomic mass is 10.0. The van der Waals surface area contributed by atoms with E-state index in [9.17, 15) is 4.79 Å². The lowest BCUT2D eigenvalue weighted by Gasteiger charge is -2.17. The van der Waals surface area contributed by atoms with Crippen LogP contribution in [0, 0.1) is 5.92 Å². The second-order valence-corrected chi connectivity index (χ2v) is 3.04. The van der Waals surface area contributed by atoms with Gasteiger partial charge in [-0.15, -0.1) is 0 Å². The molecule has 0 aliphatic heterocycles. The number of hydrogen-bond donors (Lipinski definition) is 3. The summed E-state index contributed by atoms with van der Waals surface area (Å²) in [6.07, 6.45) is 0.295. The smallest absolute Gasteiger partial charge is 0.405 e. The van der Waals surface area contributed by atoms with Crippen molar-refractivity contribution in [3.8, 4) is 0 Å². The first-order valence-corrected chi connectivity index (χ1v) is 3.96. The molecule has 1 amide bonds. The lowest BCUT2D eigenvalue weighted by molar-refractivity contribution is 0.185. The Labute approximate surface area is 75.4 Å². The van der Waals surface area contributed by atoms with Crippen molar-refractivity contribution < 1.29 is 9.90 Å². The van der Waals surface area contributed by atoms with Gasteiger partial charge in [0.2, 0.25) is 0 Å². The van der Waals surface area contributed by atoms with E-state index >= 15 is 0 Å². The Morgan fingerprint density at radius 2 is 2.38 bits per heavy atom. The quantitative estimate of drug-likeness (QED) is 0.647. The Morgan fingerprint density at radius 3 is 2.77 bits per heavy atom. The van der Waals surface area contributed by atoms with Crippen LogP contribution in [0.4, 0.5) is 4.79 Å². The lowest BCUT2D eigenvalue weighted by Crippen LogP contribution is -2.31. The van der Waals surface area contributed by atoms with Gasteiger partial charge >= 0.3 is 6.09 Å². The minimum atomic E-state index is -1.06. The van der Waals surface area contributed by atoms with Gasteiger partial charge in [-0.25, -0.2) is 9.78 Å².